The Kier molecular flexibility index (Phi) is 5.86. The number of piperidine rings is 1. The summed E-state index contributed by atoms with van der Waals surface area (Å²) >= 11 is 0. The van der Waals surface area contributed by atoms with Gasteiger partial charge in [-0.25, -0.2) is 0 Å². The smallest absolute Gasteiger partial charge is 0.327 e. The average molecular weight is 309 g/mol. The maximum absolute atomic E-state index is 12.6. The molecule has 1 atom stereocenters. The van der Waals surface area contributed by atoms with Crippen LogP contribution in [-0.4, -0.2) is 24.0 Å². The molecule has 6 heteroatoms. The number of hydrogen-bond donors (Lipinski definition) is 1. The molecule has 0 radical (unpaired) electrons. The summed E-state index contributed by atoms with van der Waals surface area (Å²) in [4.78, 5) is 2.21. The lowest BCUT2D eigenvalue weighted by molar-refractivity contribution is -0.137. The van der Waals surface area contributed by atoms with Crippen LogP contribution in [0.1, 0.15) is 29.5 Å². The van der Waals surface area contributed by atoms with Gasteiger partial charge >= 0.3 is 6.18 Å². The van der Waals surface area contributed by atoms with Crippen molar-refractivity contribution < 1.29 is 13.2 Å². The second kappa shape index (κ2) is 6.78. The fraction of sp³-hybridized carbons (Fsp3) is 0.571. The highest BCUT2D eigenvalue weighted by Gasteiger charge is 2.30. The Morgan fingerprint density at radius 1 is 1.35 bits per heavy atom. The first kappa shape index (κ1) is 17.3. The number of aryl methyl sites for hydroxylation is 1. The van der Waals surface area contributed by atoms with E-state index in [1.54, 1.807) is 13.0 Å². The van der Waals surface area contributed by atoms with Crippen molar-refractivity contribution in [1.29, 1.82) is 0 Å². The van der Waals surface area contributed by atoms with Crippen LogP contribution in [0.15, 0.2) is 18.2 Å². The van der Waals surface area contributed by atoms with E-state index in [2.05, 4.69) is 4.90 Å². The summed E-state index contributed by atoms with van der Waals surface area (Å²) in [5.74, 6) is 0. The van der Waals surface area contributed by atoms with E-state index in [0.717, 1.165) is 37.6 Å². The van der Waals surface area contributed by atoms with Crippen molar-refractivity contribution in [2.45, 2.75) is 38.5 Å². The van der Waals surface area contributed by atoms with Crippen molar-refractivity contribution in [1.82, 2.24) is 4.90 Å². The fourth-order valence-electron chi connectivity index (χ4n) is 2.53. The van der Waals surface area contributed by atoms with Crippen LogP contribution in [0.3, 0.4) is 0 Å². The minimum absolute atomic E-state index is 0. The molecule has 2 N–H and O–H groups in total. The van der Waals surface area contributed by atoms with Gasteiger partial charge in [0.25, 0.3) is 0 Å². The van der Waals surface area contributed by atoms with E-state index in [9.17, 15) is 13.2 Å². The second-order valence-electron chi connectivity index (χ2n) is 5.28. The van der Waals surface area contributed by atoms with Gasteiger partial charge in [0.1, 0.15) is 0 Å². The fourth-order valence-corrected chi connectivity index (χ4v) is 2.53. The van der Waals surface area contributed by atoms with Gasteiger partial charge in [-0.1, -0.05) is 6.07 Å². The van der Waals surface area contributed by atoms with Crippen molar-refractivity contribution >= 4 is 12.4 Å². The third-order valence-corrected chi connectivity index (χ3v) is 3.61. The number of nitrogens with zero attached hydrogens (tertiary/aromatic N) is 1. The van der Waals surface area contributed by atoms with E-state index >= 15 is 0 Å². The molecule has 0 amide bonds. The Morgan fingerprint density at radius 2 is 2.05 bits per heavy atom. The minimum atomic E-state index is -4.27. The molecule has 0 bridgehead atoms. The topological polar surface area (TPSA) is 29.3 Å². The molecule has 0 aliphatic carbocycles. The molecule has 1 unspecified atom stereocenters. The molecule has 1 fully saturated rings. The van der Waals surface area contributed by atoms with Crippen LogP contribution >= 0.6 is 12.4 Å². The monoisotopic (exact) mass is 308 g/mol. The Balaban J connectivity index is 0.00000200. The zero-order valence-electron chi connectivity index (χ0n) is 11.4. The van der Waals surface area contributed by atoms with Gasteiger partial charge in [0.05, 0.1) is 5.56 Å². The number of halogens is 4. The zero-order chi connectivity index (χ0) is 14.0. The van der Waals surface area contributed by atoms with E-state index in [4.69, 9.17) is 5.73 Å². The highest BCUT2D eigenvalue weighted by molar-refractivity contribution is 5.85. The maximum Gasteiger partial charge on any atom is 0.416 e. The lowest BCUT2D eigenvalue weighted by Gasteiger charge is -2.31. The van der Waals surface area contributed by atoms with E-state index < -0.39 is 11.7 Å². The standard InChI is InChI=1S/C14H19F3N2.ClH/c1-10-7-12(14(15,16)17)5-4-11(10)8-19-6-2-3-13(18)9-19;/h4-5,7,13H,2-3,6,8-9,18H2,1H3;1H. The summed E-state index contributed by atoms with van der Waals surface area (Å²) in [6.07, 6.45) is -2.18. The summed E-state index contributed by atoms with van der Waals surface area (Å²) in [6, 6.07) is 4.15. The molecular weight excluding hydrogens is 289 g/mol. The van der Waals surface area contributed by atoms with Crippen LogP contribution in [0.4, 0.5) is 13.2 Å². The van der Waals surface area contributed by atoms with Gasteiger partial charge in [0.15, 0.2) is 0 Å². The zero-order valence-corrected chi connectivity index (χ0v) is 12.2. The largest absolute Gasteiger partial charge is 0.416 e. The molecule has 1 aromatic carbocycles. The quantitative estimate of drug-likeness (QED) is 0.908. The Morgan fingerprint density at radius 3 is 2.60 bits per heavy atom. The summed E-state index contributed by atoms with van der Waals surface area (Å²) < 4.78 is 37.7. The molecule has 2 nitrogen and oxygen atoms in total. The van der Waals surface area contributed by atoms with Gasteiger partial charge < -0.3 is 5.73 Å². The predicted octanol–water partition coefficient (Wildman–Crippen LogP) is 3.36. The van der Waals surface area contributed by atoms with E-state index in [1.165, 1.54) is 6.07 Å². The summed E-state index contributed by atoms with van der Waals surface area (Å²) in [5, 5.41) is 0. The van der Waals surface area contributed by atoms with Crippen LogP contribution in [0.2, 0.25) is 0 Å². The predicted molar refractivity (Wildman–Crippen MR) is 75.9 cm³/mol. The Labute approximate surface area is 123 Å². The summed E-state index contributed by atoms with van der Waals surface area (Å²) in [7, 11) is 0. The molecule has 1 saturated heterocycles. The average Bonchev–Trinajstić information content (AvgIpc) is 2.30. The Bertz CT molecular complexity index is 449. The van der Waals surface area contributed by atoms with Gasteiger partial charge in [-0.15, -0.1) is 12.4 Å². The SMILES string of the molecule is Cc1cc(C(F)(F)F)ccc1CN1CCCC(N)C1.Cl. The maximum atomic E-state index is 12.6. The van der Waals surface area contributed by atoms with Crippen molar-refractivity contribution in [2.24, 2.45) is 5.73 Å². The minimum Gasteiger partial charge on any atom is -0.327 e. The Hall–Kier alpha value is -0.780. The molecule has 1 aromatic rings. The normalized spacial score (nSPS) is 20.6. The molecule has 0 saturated carbocycles. The third kappa shape index (κ3) is 4.36. The molecule has 2 rings (SSSR count). The lowest BCUT2D eigenvalue weighted by atomic mass is 10.0. The molecule has 1 aliphatic rings. The first-order valence-electron chi connectivity index (χ1n) is 6.51. The van der Waals surface area contributed by atoms with Crippen LogP contribution in [0, 0.1) is 6.92 Å². The number of benzene rings is 1. The third-order valence-electron chi connectivity index (χ3n) is 3.61. The number of likely N-dealkylation sites (tertiary alicyclic amines) is 1. The van der Waals surface area contributed by atoms with Crippen LogP contribution in [-0.2, 0) is 12.7 Å². The van der Waals surface area contributed by atoms with Gasteiger partial charge in [-0.05, 0) is 49.6 Å². The number of alkyl halides is 3. The van der Waals surface area contributed by atoms with Crippen LogP contribution in [0.5, 0.6) is 0 Å². The molecule has 0 spiro atoms. The molecule has 0 aromatic heterocycles. The van der Waals surface area contributed by atoms with Crippen LogP contribution < -0.4 is 5.73 Å². The van der Waals surface area contributed by atoms with Crippen molar-refractivity contribution in [3.63, 3.8) is 0 Å². The van der Waals surface area contributed by atoms with Gasteiger partial charge in [0.2, 0.25) is 0 Å². The van der Waals surface area contributed by atoms with Crippen molar-refractivity contribution in [2.75, 3.05) is 13.1 Å². The summed E-state index contributed by atoms with van der Waals surface area (Å²) in [5.41, 5.74) is 6.96. The van der Waals surface area contributed by atoms with Crippen molar-refractivity contribution in [3.05, 3.63) is 34.9 Å². The second-order valence-corrected chi connectivity index (χ2v) is 5.28. The van der Waals surface area contributed by atoms with E-state index in [-0.39, 0.29) is 18.4 Å². The van der Waals surface area contributed by atoms with Crippen molar-refractivity contribution in [3.8, 4) is 0 Å². The van der Waals surface area contributed by atoms with Crippen LogP contribution in [0.25, 0.3) is 0 Å². The highest BCUT2D eigenvalue weighted by Crippen LogP contribution is 2.30. The molecule has 114 valence electrons. The molecular formula is C14H20ClF3N2. The number of nitrogens with two attached hydrogens (primary N) is 1. The first-order valence-corrected chi connectivity index (χ1v) is 6.51. The lowest BCUT2D eigenvalue weighted by Crippen LogP contribution is -2.42. The number of hydrogen-bond acceptors (Lipinski definition) is 2. The van der Waals surface area contributed by atoms with Gasteiger partial charge in [-0.3, -0.25) is 4.90 Å². The van der Waals surface area contributed by atoms with Gasteiger partial charge in [-0.2, -0.15) is 13.2 Å². The number of rotatable bonds is 2. The molecule has 1 heterocycles. The molecule has 1 aliphatic heterocycles. The van der Waals surface area contributed by atoms with E-state index in [1.807, 2.05) is 0 Å². The van der Waals surface area contributed by atoms with Gasteiger partial charge in [0, 0.05) is 19.1 Å². The molecule has 20 heavy (non-hydrogen) atoms. The first-order chi connectivity index (χ1) is 8.86. The van der Waals surface area contributed by atoms with E-state index in [0.29, 0.717) is 12.1 Å². The summed E-state index contributed by atoms with van der Waals surface area (Å²) in [6.45, 7) is 4.20. The highest BCUT2D eigenvalue weighted by atomic mass is 35.5.